The average Bonchev–Trinajstić information content (AvgIpc) is 3.15. The molecule has 0 rings (SSSR count). The quantitative estimate of drug-likeness (QED) is 0.0381. The molecule has 0 heterocycles. The van der Waals surface area contributed by atoms with Crippen LogP contribution >= 0.6 is 0 Å². The van der Waals surface area contributed by atoms with E-state index in [4.69, 9.17) is 24.1 Å². The van der Waals surface area contributed by atoms with Crippen LogP contribution in [0.2, 0.25) is 0 Å². The van der Waals surface area contributed by atoms with E-state index in [9.17, 15) is 0 Å². The van der Waals surface area contributed by atoms with Crippen molar-refractivity contribution in [2.75, 3.05) is 80.0 Å². The second-order valence-electron chi connectivity index (χ2n) is 16.2. The summed E-state index contributed by atoms with van der Waals surface area (Å²) in [7, 11) is 4.52. The van der Waals surface area contributed by atoms with Crippen molar-refractivity contribution in [3.63, 3.8) is 0 Å². The van der Waals surface area contributed by atoms with Crippen molar-refractivity contribution >= 4 is 0 Å². The van der Waals surface area contributed by atoms with Crippen molar-refractivity contribution in [3.8, 4) is 0 Å². The van der Waals surface area contributed by atoms with E-state index in [1.165, 1.54) is 167 Å². The maximum Gasteiger partial charge on any atom is 0.130 e. The second kappa shape index (κ2) is 44.0. The molecule has 0 bridgehead atoms. The lowest BCUT2D eigenvalue weighted by atomic mass is 10.1. The van der Waals surface area contributed by atoms with E-state index in [0.29, 0.717) is 33.0 Å². The molecule has 0 spiro atoms. The summed E-state index contributed by atoms with van der Waals surface area (Å²) < 4.78 is 24.6. The van der Waals surface area contributed by atoms with E-state index in [1.807, 2.05) is 0 Å². The van der Waals surface area contributed by atoms with Gasteiger partial charge in [-0.25, -0.2) is 0 Å². The summed E-state index contributed by atoms with van der Waals surface area (Å²) in [5, 5.41) is 8.86. The molecule has 1 N–H and O–H groups in total. The Bertz CT molecular complexity index is 742. The third-order valence-electron chi connectivity index (χ3n) is 10.3. The molecule has 316 valence electrons. The first kappa shape index (κ1) is 52.2. The Kier molecular flexibility index (Phi) is 43.3. The number of ether oxygens (including phenoxy) is 4. The van der Waals surface area contributed by atoms with Crippen molar-refractivity contribution in [2.45, 2.75) is 200 Å². The number of aliphatic hydroxyl groups excluding tert-OH is 1. The largest absolute Gasteiger partial charge is 0.394 e. The summed E-state index contributed by atoms with van der Waals surface area (Å²) in [6, 6.07) is 0. The Morgan fingerprint density at radius 1 is 0.434 bits per heavy atom. The van der Waals surface area contributed by atoms with Gasteiger partial charge in [0.15, 0.2) is 0 Å². The Labute approximate surface area is 331 Å². The standard InChI is InChI=1S/C47H94NO5/c1-5-7-9-11-13-15-17-19-21-23-25-27-29-31-33-35-39-52-46-47(45-48(3,4)37-41-50-43-44-51-42-38-49)53-40-36-34-32-30-28-26-24-22-20-18-16-14-12-10-8-6-2/h19-22,47,49H,5-18,23-46H2,1-4H3/q+1. The Hall–Kier alpha value is -0.760. The fraction of sp³-hybridized carbons (Fsp3) is 0.915. The molecule has 0 fully saturated rings. The molecule has 0 aromatic rings. The molecule has 0 saturated carbocycles. The minimum Gasteiger partial charge on any atom is -0.394 e. The highest BCUT2D eigenvalue weighted by Crippen LogP contribution is 2.13. The Balaban J connectivity index is 4.13. The lowest BCUT2D eigenvalue weighted by Gasteiger charge is -2.33. The predicted octanol–water partition coefficient (Wildman–Crippen LogP) is 12.6. The van der Waals surface area contributed by atoms with E-state index >= 15 is 0 Å². The van der Waals surface area contributed by atoms with Crippen molar-refractivity contribution < 1.29 is 28.5 Å². The molecule has 0 aliphatic heterocycles. The first-order valence-electron chi connectivity index (χ1n) is 23.1. The highest BCUT2D eigenvalue weighted by molar-refractivity contribution is 4.82. The Morgan fingerprint density at radius 2 is 0.830 bits per heavy atom. The van der Waals surface area contributed by atoms with Crippen molar-refractivity contribution in [2.24, 2.45) is 0 Å². The van der Waals surface area contributed by atoms with Crippen molar-refractivity contribution in [1.29, 1.82) is 0 Å². The van der Waals surface area contributed by atoms with Gasteiger partial charge < -0.3 is 28.5 Å². The van der Waals surface area contributed by atoms with Crippen LogP contribution in [0.5, 0.6) is 0 Å². The van der Waals surface area contributed by atoms with Gasteiger partial charge in [-0.1, -0.05) is 154 Å². The summed E-state index contributed by atoms with van der Waals surface area (Å²) in [6.07, 6.45) is 46.9. The van der Waals surface area contributed by atoms with Crippen molar-refractivity contribution in [1.82, 2.24) is 0 Å². The van der Waals surface area contributed by atoms with E-state index in [-0.39, 0.29) is 12.7 Å². The van der Waals surface area contributed by atoms with Crippen LogP contribution in [-0.4, -0.2) is 95.7 Å². The van der Waals surface area contributed by atoms with Crippen LogP contribution in [0.25, 0.3) is 0 Å². The third-order valence-corrected chi connectivity index (χ3v) is 10.3. The van der Waals surface area contributed by atoms with E-state index in [0.717, 1.165) is 43.6 Å². The number of hydrogen-bond donors (Lipinski definition) is 1. The van der Waals surface area contributed by atoms with Crippen LogP contribution in [0.15, 0.2) is 24.3 Å². The highest BCUT2D eigenvalue weighted by atomic mass is 16.5. The monoisotopic (exact) mass is 753 g/mol. The van der Waals surface area contributed by atoms with Gasteiger partial charge in [0.25, 0.3) is 0 Å². The molecule has 0 aliphatic rings. The van der Waals surface area contributed by atoms with Crippen LogP contribution in [-0.2, 0) is 18.9 Å². The lowest BCUT2D eigenvalue weighted by Crippen LogP contribution is -2.49. The van der Waals surface area contributed by atoms with Gasteiger partial charge in [-0.15, -0.1) is 0 Å². The number of unbranched alkanes of at least 4 members (excludes halogenated alkanes) is 24. The van der Waals surface area contributed by atoms with Gasteiger partial charge in [-0.2, -0.15) is 0 Å². The molecular formula is C47H94NO5+. The van der Waals surface area contributed by atoms with Crippen LogP contribution in [0.4, 0.5) is 0 Å². The molecule has 6 nitrogen and oxygen atoms in total. The zero-order valence-electron chi connectivity index (χ0n) is 36.3. The molecule has 0 amide bonds. The number of likely N-dealkylation sites (N-methyl/N-ethyl adjacent to an activating group) is 1. The minimum atomic E-state index is 0.0577. The zero-order chi connectivity index (χ0) is 38.6. The predicted molar refractivity (Wildman–Crippen MR) is 230 cm³/mol. The van der Waals surface area contributed by atoms with Gasteiger partial charge in [0.2, 0.25) is 0 Å². The maximum atomic E-state index is 8.86. The fourth-order valence-electron chi connectivity index (χ4n) is 6.76. The van der Waals surface area contributed by atoms with E-state index in [1.54, 1.807) is 0 Å². The zero-order valence-corrected chi connectivity index (χ0v) is 36.3. The van der Waals surface area contributed by atoms with Gasteiger partial charge in [-0.05, 0) is 64.2 Å². The summed E-state index contributed by atoms with van der Waals surface area (Å²) in [5.41, 5.74) is 0. The maximum absolute atomic E-state index is 8.86. The fourth-order valence-corrected chi connectivity index (χ4v) is 6.76. The molecule has 1 unspecified atom stereocenters. The topological polar surface area (TPSA) is 57.2 Å². The van der Waals surface area contributed by atoms with Crippen molar-refractivity contribution in [3.05, 3.63) is 24.3 Å². The summed E-state index contributed by atoms with van der Waals surface area (Å²) in [5.74, 6) is 0. The van der Waals surface area contributed by atoms with Gasteiger partial charge in [0.1, 0.15) is 19.2 Å². The minimum absolute atomic E-state index is 0.0577. The average molecular weight is 753 g/mol. The molecular weight excluding hydrogens is 659 g/mol. The summed E-state index contributed by atoms with van der Waals surface area (Å²) in [6.45, 7) is 11.0. The molecule has 0 radical (unpaired) electrons. The molecule has 1 atom stereocenters. The van der Waals surface area contributed by atoms with Crippen LogP contribution in [0.3, 0.4) is 0 Å². The van der Waals surface area contributed by atoms with Gasteiger partial charge in [0.05, 0.1) is 53.7 Å². The van der Waals surface area contributed by atoms with Gasteiger partial charge in [0, 0.05) is 13.2 Å². The SMILES string of the molecule is CCCCCCCCC=CCCCCCCCCOCC(C[N+](C)(C)CCOCCOCCO)OCCCCCCCCC=CCCCCCCCC. The van der Waals surface area contributed by atoms with Crippen LogP contribution in [0, 0.1) is 0 Å². The molecule has 6 heteroatoms. The third kappa shape index (κ3) is 43.8. The number of aliphatic hydroxyl groups is 1. The van der Waals surface area contributed by atoms with Crippen LogP contribution in [0.1, 0.15) is 194 Å². The first-order valence-corrected chi connectivity index (χ1v) is 23.1. The normalized spacial score (nSPS) is 12.9. The number of quaternary nitrogens is 1. The number of allylic oxidation sites excluding steroid dienone is 4. The smallest absolute Gasteiger partial charge is 0.130 e. The van der Waals surface area contributed by atoms with Gasteiger partial charge in [-0.3, -0.25) is 0 Å². The number of nitrogens with zero attached hydrogens (tertiary/aromatic N) is 1. The van der Waals surface area contributed by atoms with Gasteiger partial charge >= 0.3 is 0 Å². The highest BCUT2D eigenvalue weighted by Gasteiger charge is 2.23. The number of hydrogen-bond acceptors (Lipinski definition) is 5. The first-order chi connectivity index (χ1) is 26.1. The van der Waals surface area contributed by atoms with E-state index in [2.05, 4.69) is 52.2 Å². The molecule has 0 aliphatic carbocycles. The molecule has 53 heavy (non-hydrogen) atoms. The van der Waals surface area contributed by atoms with Crippen LogP contribution < -0.4 is 0 Å². The molecule has 0 aromatic carbocycles. The molecule has 0 saturated heterocycles. The summed E-state index contributed by atoms with van der Waals surface area (Å²) >= 11 is 0. The molecule has 0 aromatic heterocycles. The Morgan fingerprint density at radius 3 is 1.28 bits per heavy atom. The lowest BCUT2D eigenvalue weighted by molar-refractivity contribution is -0.894. The number of rotatable bonds is 45. The second-order valence-corrected chi connectivity index (χ2v) is 16.2. The summed E-state index contributed by atoms with van der Waals surface area (Å²) in [4.78, 5) is 0. The van der Waals surface area contributed by atoms with E-state index < -0.39 is 0 Å².